The summed E-state index contributed by atoms with van der Waals surface area (Å²) < 4.78 is 5.42. The second kappa shape index (κ2) is 8.82. The van der Waals surface area contributed by atoms with Gasteiger partial charge in [-0.05, 0) is 31.6 Å². The van der Waals surface area contributed by atoms with Gasteiger partial charge in [0.15, 0.2) is 0 Å². The zero-order valence-electron chi connectivity index (χ0n) is 13.3. The molecule has 0 spiro atoms. The van der Waals surface area contributed by atoms with E-state index < -0.39 is 0 Å². The van der Waals surface area contributed by atoms with Crippen molar-refractivity contribution in [3.05, 3.63) is 11.9 Å². The quantitative estimate of drug-likeness (QED) is 0.732. The highest BCUT2D eigenvalue weighted by Crippen LogP contribution is 2.22. The molecule has 0 aliphatic carbocycles. The SMILES string of the molecule is CCCNc1ncnc(NCCC2CCOC2)c1CCC. The Balaban J connectivity index is 1.95. The first kappa shape index (κ1) is 16.0. The first-order chi connectivity index (χ1) is 10.3. The number of hydrogen-bond donors (Lipinski definition) is 2. The Morgan fingerprint density at radius 3 is 2.52 bits per heavy atom. The molecule has 2 N–H and O–H groups in total. The lowest BCUT2D eigenvalue weighted by Crippen LogP contribution is -2.14. The highest BCUT2D eigenvalue weighted by Gasteiger charge is 2.16. The van der Waals surface area contributed by atoms with Crippen LogP contribution in [-0.4, -0.2) is 36.3 Å². The first-order valence-corrected chi connectivity index (χ1v) is 8.24. The van der Waals surface area contributed by atoms with E-state index in [-0.39, 0.29) is 0 Å². The third kappa shape index (κ3) is 4.84. The normalized spacial score (nSPS) is 17.9. The van der Waals surface area contributed by atoms with Gasteiger partial charge in [0.1, 0.15) is 18.0 Å². The second-order valence-corrected chi connectivity index (χ2v) is 5.67. The van der Waals surface area contributed by atoms with Crippen molar-refractivity contribution in [2.45, 2.75) is 46.0 Å². The predicted molar refractivity (Wildman–Crippen MR) is 86.8 cm³/mol. The number of nitrogens with zero attached hydrogens (tertiary/aromatic N) is 2. The van der Waals surface area contributed by atoms with Crippen LogP contribution in [0.5, 0.6) is 0 Å². The summed E-state index contributed by atoms with van der Waals surface area (Å²) in [5, 5.41) is 6.90. The summed E-state index contributed by atoms with van der Waals surface area (Å²) in [6, 6.07) is 0. The second-order valence-electron chi connectivity index (χ2n) is 5.67. The lowest BCUT2D eigenvalue weighted by atomic mass is 10.1. The minimum Gasteiger partial charge on any atom is -0.381 e. The molecule has 0 saturated carbocycles. The van der Waals surface area contributed by atoms with E-state index >= 15 is 0 Å². The van der Waals surface area contributed by atoms with Gasteiger partial charge in [0, 0.05) is 31.9 Å². The van der Waals surface area contributed by atoms with Gasteiger partial charge in [-0.15, -0.1) is 0 Å². The van der Waals surface area contributed by atoms with Gasteiger partial charge < -0.3 is 15.4 Å². The number of ether oxygens (including phenoxy) is 1. The zero-order chi connectivity index (χ0) is 14.9. The average molecular weight is 292 g/mol. The molecule has 5 nitrogen and oxygen atoms in total. The number of rotatable bonds is 9. The number of aromatic nitrogens is 2. The average Bonchev–Trinajstić information content (AvgIpc) is 3.01. The number of hydrogen-bond acceptors (Lipinski definition) is 5. The lowest BCUT2D eigenvalue weighted by Gasteiger charge is -2.15. The van der Waals surface area contributed by atoms with Gasteiger partial charge in [-0.3, -0.25) is 0 Å². The van der Waals surface area contributed by atoms with Crippen LogP contribution in [0.3, 0.4) is 0 Å². The Morgan fingerprint density at radius 1 is 1.14 bits per heavy atom. The van der Waals surface area contributed by atoms with Gasteiger partial charge in [-0.1, -0.05) is 20.3 Å². The van der Waals surface area contributed by atoms with E-state index in [0.717, 1.165) is 63.6 Å². The smallest absolute Gasteiger partial charge is 0.134 e. The van der Waals surface area contributed by atoms with Crippen molar-refractivity contribution in [2.75, 3.05) is 36.9 Å². The molecular weight excluding hydrogens is 264 g/mol. The molecule has 1 aromatic heterocycles. The molecule has 5 heteroatoms. The molecule has 2 heterocycles. The fourth-order valence-electron chi connectivity index (χ4n) is 2.65. The summed E-state index contributed by atoms with van der Waals surface area (Å²) >= 11 is 0. The highest BCUT2D eigenvalue weighted by molar-refractivity contribution is 5.57. The van der Waals surface area contributed by atoms with E-state index in [2.05, 4.69) is 34.4 Å². The maximum absolute atomic E-state index is 5.42. The Hall–Kier alpha value is -1.36. The zero-order valence-corrected chi connectivity index (χ0v) is 13.3. The van der Waals surface area contributed by atoms with Crippen molar-refractivity contribution in [1.82, 2.24) is 9.97 Å². The molecule has 1 aromatic rings. The van der Waals surface area contributed by atoms with Crippen molar-refractivity contribution in [3.8, 4) is 0 Å². The van der Waals surface area contributed by atoms with E-state index in [9.17, 15) is 0 Å². The molecule has 0 amide bonds. The summed E-state index contributed by atoms with van der Waals surface area (Å²) in [7, 11) is 0. The van der Waals surface area contributed by atoms with Crippen LogP contribution < -0.4 is 10.6 Å². The van der Waals surface area contributed by atoms with Crippen molar-refractivity contribution in [2.24, 2.45) is 5.92 Å². The Kier molecular flexibility index (Phi) is 6.73. The molecule has 1 saturated heterocycles. The molecule has 1 aliphatic heterocycles. The molecule has 21 heavy (non-hydrogen) atoms. The third-order valence-electron chi connectivity index (χ3n) is 3.86. The summed E-state index contributed by atoms with van der Waals surface area (Å²) in [6.45, 7) is 8.09. The third-order valence-corrected chi connectivity index (χ3v) is 3.86. The Morgan fingerprint density at radius 2 is 1.90 bits per heavy atom. The summed E-state index contributed by atoms with van der Waals surface area (Å²) in [5.41, 5.74) is 1.22. The number of nitrogens with one attached hydrogen (secondary N) is 2. The topological polar surface area (TPSA) is 59.1 Å². The van der Waals surface area contributed by atoms with Gasteiger partial charge in [0.2, 0.25) is 0 Å². The first-order valence-electron chi connectivity index (χ1n) is 8.24. The monoisotopic (exact) mass is 292 g/mol. The molecule has 0 aromatic carbocycles. The highest BCUT2D eigenvalue weighted by atomic mass is 16.5. The molecule has 118 valence electrons. The summed E-state index contributed by atoms with van der Waals surface area (Å²) in [4.78, 5) is 8.84. The van der Waals surface area contributed by atoms with E-state index in [0.29, 0.717) is 5.92 Å². The van der Waals surface area contributed by atoms with E-state index in [1.165, 1.54) is 12.0 Å². The summed E-state index contributed by atoms with van der Waals surface area (Å²) in [5.74, 6) is 2.68. The van der Waals surface area contributed by atoms with Crippen LogP contribution in [0.2, 0.25) is 0 Å². The van der Waals surface area contributed by atoms with Gasteiger partial charge in [0.05, 0.1) is 0 Å². The minimum absolute atomic E-state index is 0.701. The molecule has 2 rings (SSSR count). The van der Waals surface area contributed by atoms with Crippen LogP contribution in [0, 0.1) is 5.92 Å². The van der Waals surface area contributed by atoms with E-state index in [1.54, 1.807) is 6.33 Å². The van der Waals surface area contributed by atoms with Gasteiger partial charge >= 0.3 is 0 Å². The van der Waals surface area contributed by atoms with E-state index in [1.807, 2.05) is 0 Å². The predicted octanol–water partition coefficient (Wildman–Crippen LogP) is 3.09. The Bertz CT molecular complexity index is 419. The molecule has 1 aliphatic rings. The standard InChI is InChI=1S/C16H28N4O/c1-3-5-14-15(17-8-4-2)19-12-20-16(14)18-9-6-13-7-10-21-11-13/h12-13H,3-11H2,1-2H3,(H2,17,18,19,20). The maximum Gasteiger partial charge on any atom is 0.134 e. The fourth-order valence-corrected chi connectivity index (χ4v) is 2.65. The van der Waals surface area contributed by atoms with E-state index in [4.69, 9.17) is 4.74 Å². The van der Waals surface area contributed by atoms with Gasteiger partial charge in [-0.2, -0.15) is 0 Å². The molecule has 0 radical (unpaired) electrons. The molecule has 1 fully saturated rings. The Labute approximate surface area is 127 Å². The van der Waals surface area contributed by atoms with Crippen molar-refractivity contribution in [3.63, 3.8) is 0 Å². The lowest BCUT2D eigenvalue weighted by molar-refractivity contribution is 0.185. The van der Waals surface area contributed by atoms with Crippen LogP contribution in [0.25, 0.3) is 0 Å². The molecular formula is C16H28N4O. The molecule has 0 bridgehead atoms. The van der Waals surface area contributed by atoms with Crippen LogP contribution in [0.15, 0.2) is 6.33 Å². The van der Waals surface area contributed by atoms with Gasteiger partial charge in [0.25, 0.3) is 0 Å². The van der Waals surface area contributed by atoms with Crippen molar-refractivity contribution in [1.29, 1.82) is 0 Å². The van der Waals surface area contributed by atoms with Crippen LogP contribution in [0.1, 0.15) is 45.1 Å². The van der Waals surface area contributed by atoms with Crippen LogP contribution >= 0.6 is 0 Å². The molecule has 1 unspecified atom stereocenters. The maximum atomic E-state index is 5.42. The molecule has 1 atom stereocenters. The summed E-state index contributed by atoms with van der Waals surface area (Å²) in [6.07, 6.45) is 7.18. The van der Waals surface area contributed by atoms with Crippen molar-refractivity contribution >= 4 is 11.6 Å². The van der Waals surface area contributed by atoms with Crippen LogP contribution in [0.4, 0.5) is 11.6 Å². The van der Waals surface area contributed by atoms with Crippen molar-refractivity contribution < 1.29 is 4.74 Å². The minimum atomic E-state index is 0.701. The fraction of sp³-hybridized carbons (Fsp3) is 0.750. The largest absolute Gasteiger partial charge is 0.381 e. The van der Waals surface area contributed by atoms with Crippen LogP contribution in [-0.2, 0) is 11.2 Å². The van der Waals surface area contributed by atoms with Gasteiger partial charge in [-0.25, -0.2) is 9.97 Å². The number of anilines is 2.